The van der Waals surface area contributed by atoms with Gasteiger partial charge in [-0.25, -0.2) is 13.2 Å². The minimum atomic E-state index is -3.77. The minimum absolute atomic E-state index is 0.0956. The molecule has 0 aliphatic rings. The molecule has 0 radical (unpaired) electrons. The molecule has 0 aliphatic carbocycles. The lowest BCUT2D eigenvalue weighted by Gasteiger charge is -2.18. The van der Waals surface area contributed by atoms with Gasteiger partial charge in [-0.05, 0) is 92.8 Å². The quantitative estimate of drug-likeness (QED) is 0.287. The van der Waals surface area contributed by atoms with Gasteiger partial charge in [-0.2, -0.15) is 0 Å². The van der Waals surface area contributed by atoms with Crippen LogP contribution >= 0.6 is 0 Å². The van der Waals surface area contributed by atoms with Crippen molar-refractivity contribution in [2.45, 2.75) is 56.9 Å². The first-order chi connectivity index (χ1) is 16.5. The summed E-state index contributed by atoms with van der Waals surface area (Å²) >= 11 is 0. The Bertz CT molecular complexity index is 1220. The van der Waals surface area contributed by atoms with E-state index in [1.807, 2.05) is 50.2 Å². The molecular formula is C27H34N4O3S. The fourth-order valence-corrected chi connectivity index (χ4v) is 4.64. The molecule has 0 bridgehead atoms. The molecule has 186 valence electrons. The summed E-state index contributed by atoms with van der Waals surface area (Å²) in [5.74, 6) is 0. The highest BCUT2D eigenvalue weighted by Gasteiger charge is 2.16. The molecule has 0 unspecified atom stereocenters. The third-order valence-corrected chi connectivity index (χ3v) is 6.72. The molecule has 0 heterocycles. The van der Waals surface area contributed by atoms with E-state index in [4.69, 9.17) is 5.73 Å². The smallest absolute Gasteiger partial charge is 0.323 e. The largest absolute Gasteiger partial charge is 0.325 e. The second-order valence-corrected chi connectivity index (χ2v) is 11.1. The normalized spacial score (nSPS) is 11.7. The summed E-state index contributed by atoms with van der Waals surface area (Å²) < 4.78 is 28.1. The molecule has 3 aromatic rings. The number of anilines is 3. The van der Waals surface area contributed by atoms with Gasteiger partial charge in [0.25, 0.3) is 10.0 Å². The molecule has 7 nitrogen and oxygen atoms in total. The third-order valence-electron chi connectivity index (χ3n) is 5.32. The number of carbonyl (C=O) groups excluding carboxylic acids is 1. The van der Waals surface area contributed by atoms with E-state index in [0.717, 1.165) is 24.8 Å². The molecule has 35 heavy (non-hydrogen) atoms. The van der Waals surface area contributed by atoms with Crippen LogP contribution in [0.3, 0.4) is 0 Å². The molecule has 0 atom stereocenters. The Morgan fingerprint density at radius 1 is 0.800 bits per heavy atom. The van der Waals surface area contributed by atoms with Crippen LogP contribution in [0.25, 0.3) is 0 Å². The van der Waals surface area contributed by atoms with Crippen molar-refractivity contribution in [2.75, 3.05) is 15.4 Å². The topological polar surface area (TPSA) is 113 Å². The zero-order valence-electron chi connectivity index (χ0n) is 20.5. The van der Waals surface area contributed by atoms with E-state index in [1.165, 1.54) is 17.7 Å². The highest BCUT2D eigenvalue weighted by Crippen LogP contribution is 2.20. The first kappa shape index (κ1) is 26.2. The number of urea groups is 1. The fourth-order valence-electron chi connectivity index (χ4n) is 3.58. The van der Waals surface area contributed by atoms with Gasteiger partial charge in [0.05, 0.1) is 4.90 Å². The SMILES string of the molecule is CCCCc1ccc(NC(=O)Nc2ccc(S(=O)(=O)Nc3ccc(CC(C)(C)N)cc3)cc2)cc1. The first-order valence-electron chi connectivity index (χ1n) is 11.7. The van der Waals surface area contributed by atoms with Gasteiger partial charge in [0.1, 0.15) is 0 Å². The van der Waals surface area contributed by atoms with Gasteiger partial charge in [0.2, 0.25) is 0 Å². The van der Waals surface area contributed by atoms with Crippen LogP contribution < -0.4 is 21.1 Å². The van der Waals surface area contributed by atoms with E-state index in [-0.39, 0.29) is 10.4 Å². The fraction of sp³-hybridized carbons (Fsp3) is 0.296. The molecule has 2 amide bonds. The van der Waals surface area contributed by atoms with Gasteiger partial charge in [-0.1, -0.05) is 37.6 Å². The Labute approximate surface area is 208 Å². The lowest BCUT2D eigenvalue weighted by molar-refractivity contribution is 0.262. The zero-order valence-corrected chi connectivity index (χ0v) is 21.3. The van der Waals surface area contributed by atoms with E-state index in [2.05, 4.69) is 22.3 Å². The average Bonchev–Trinajstić information content (AvgIpc) is 2.79. The molecule has 0 saturated carbocycles. The Kier molecular flexibility index (Phi) is 8.53. The van der Waals surface area contributed by atoms with Gasteiger partial charge < -0.3 is 16.4 Å². The molecule has 3 aromatic carbocycles. The molecular weight excluding hydrogens is 460 g/mol. The number of carbonyl (C=O) groups is 1. The summed E-state index contributed by atoms with van der Waals surface area (Å²) in [5.41, 5.74) is 9.60. The molecule has 0 spiro atoms. The maximum atomic E-state index is 12.8. The minimum Gasteiger partial charge on any atom is -0.325 e. The first-order valence-corrected chi connectivity index (χ1v) is 13.2. The number of aryl methyl sites for hydroxylation is 1. The summed E-state index contributed by atoms with van der Waals surface area (Å²) in [7, 11) is -3.77. The molecule has 3 rings (SSSR count). The van der Waals surface area contributed by atoms with Gasteiger partial charge in [-0.15, -0.1) is 0 Å². The van der Waals surface area contributed by atoms with Crippen molar-refractivity contribution in [1.82, 2.24) is 0 Å². The van der Waals surface area contributed by atoms with Crippen LogP contribution in [0.1, 0.15) is 44.7 Å². The Balaban J connectivity index is 1.56. The van der Waals surface area contributed by atoms with Gasteiger partial charge in [-0.3, -0.25) is 4.72 Å². The predicted molar refractivity (Wildman–Crippen MR) is 143 cm³/mol. The number of amides is 2. The number of benzene rings is 3. The summed E-state index contributed by atoms with van der Waals surface area (Å²) in [6, 6.07) is 20.5. The summed E-state index contributed by atoms with van der Waals surface area (Å²) in [6.07, 6.45) is 3.98. The Morgan fingerprint density at radius 2 is 1.29 bits per heavy atom. The van der Waals surface area contributed by atoms with Crippen LogP contribution in [0.5, 0.6) is 0 Å². The summed E-state index contributed by atoms with van der Waals surface area (Å²) in [5, 5.41) is 5.50. The van der Waals surface area contributed by atoms with Crippen molar-refractivity contribution in [3.05, 3.63) is 83.9 Å². The van der Waals surface area contributed by atoms with Gasteiger partial charge in [0, 0.05) is 22.6 Å². The van der Waals surface area contributed by atoms with E-state index >= 15 is 0 Å². The number of sulfonamides is 1. The highest BCUT2D eigenvalue weighted by atomic mass is 32.2. The molecule has 8 heteroatoms. The van der Waals surface area contributed by atoms with Gasteiger partial charge in [0.15, 0.2) is 0 Å². The van der Waals surface area contributed by atoms with Crippen LogP contribution in [0.2, 0.25) is 0 Å². The van der Waals surface area contributed by atoms with Crippen molar-refractivity contribution in [1.29, 1.82) is 0 Å². The molecule has 0 aliphatic heterocycles. The zero-order chi connectivity index (χ0) is 25.5. The van der Waals surface area contributed by atoms with Crippen molar-refractivity contribution in [2.24, 2.45) is 5.73 Å². The summed E-state index contributed by atoms with van der Waals surface area (Å²) in [6.45, 7) is 6.04. The van der Waals surface area contributed by atoms with Crippen LogP contribution in [0, 0.1) is 0 Å². The summed E-state index contributed by atoms with van der Waals surface area (Å²) in [4.78, 5) is 12.4. The number of nitrogens with two attached hydrogens (primary N) is 1. The lowest BCUT2D eigenvalue weighted by atomic mass is 9.96. The number of unbranched alkanes of at least 4 members (excludes halogenated alkanes) is 1. The molecule has 5 N–H and O–H groups in total. The molecule has 0 aromatic heterocycles. The second kappa shape index (κ2) is 11.4. The van der Waals surface area contributed by atoms with E-state index in [9.17, 15) is 13.2 Å². The second-order valence-electron chi connectivity index (χ2n) is 9.37. The van der Waals surface area contributed by atoms with E-state index < -0.39 is 16.1 Å². The molecule has 0 saturated heterocycles. The van der Waals surface area contributed by atoms with Gasteiger partial charge >= 0.3 is 6.03 Å². The monoisotopic (exact) mass is 494 g/mol. The third kappa shape index (κ3) is 8.42. The number of hydrogen-bond donors (Lipinski definition) is 4. The predicted octanol–water partition coefficient (Wildman–Crippen LogP) is 5.75. The number of hydrogen-bond acceptors (Lipinski definition) is 4. The average molecular weight is 495 g/mol. The highest BCUT2D eigenvalue weighted by molar-refractivity contribution is 7.92. The van der Waals surface area contributed by atoms with Crippen molar-refractivity contribution in [3.63, 3.8) is 0 Å². The van der Waals surface area contributed by atoms with Crippen molar-refractivity contribution < 1.29 is 13.2 Å². The number of rotatable bonds is 10. The van der Waals surface area contributed by atoms with Crippen LogP contribution in [-0.4, -0.2) is 20.0 Å². The maximum absolute atomic E-state index is 12.8. The maximum Gasteiger partial charge on any atom is 0.323 e. The van der Waals surface area contributed by atoms with Crippen LogP contribution in [0.15, 0.2) is 77.7 Å². The van der Waals surface area contributed by atoms with Crippen LogP contribution in [-0.2, 0) is 22.9 Å². The van der Waals surface area contributed by atoms with E-state index in [1.54, 1.807) is 24.3 Å². The Morgan fingerprint density at radius 3 is 1.80 bits per heavy atom. The Hall–Kier alpha value is -3.36. The van der Waals surface area contributed by atoms with Crippen LogP contribution in [0.4, 0.5) is 21.9 Å². The van der Waals surface area contributed by atoms with Crippen molar-refractivity contribution >= 4 is 33.1 Å². The lowest BCUT2D eigenvalue weighted by Crippen LogP contribution is -2.34. The van der Waals surface area contributed by atoms with E-state index in [0.29, 0.717) is 23.5 Å². The standard InChI is InChI=1S/C27H34N4O3S/c1-4-5-6-20-7-11-22(12-8-20)29-26(32)30-23-15-17-25(18-16-23)35(33,34)31-24-13-9-21(10-14-24)19-27(2,3)28/h7-18,31H,4-6,19,28H2,1-3H3,(H2,29,30,32). The molecule has 0 fully saturated rings. The number of nitrogens with one attached hydrogen (secondary N) is 3. The van der Waals surface area contributed by atoms with Crippen molar-refractivity contribution in [3.8, 4) is 0 Å².